The highest BCUT2D eigenvalue weighted by molar-refractivity contribution is 7.92. The SMILES string of the molecule is COC(=O)COc1ccc(S(=O)(=O)Nc2ccccc2C(=O)NC2CC2)cc1. The van der Waals surface area contributed by atoms with Gasteiger partial charge in [0, 0.05) is 6.04 Å². The van der Waals surface area contributed by atoms with Crippen molar-refractivity contribution in [1.29, 1.82) is 0 Å². The third-order valence-electron chi connectivity index (χ3n) is 4.05. The zero-order valence-electron chi connectivity index (χ0n) is 15.2. The molecular weight excluding hydrogens is 384 g/mol. The number of methoxy groups -OCH3 is 1. The molecule has 1 fully saturated rings. The Morgan fingerprint density at radius 2 is 1.75 bits per heavy atom. The fourth-order valence-electron chi connectivity index (χ4n) is 2.38. The van der Waals surface area contributed by atoms with Crippen molar-refractivity contribution >= 4 is 27.6 Å². The number of hydrogen-bond donors (Lipinski definition) is 2. The summed E-state index contributed by atoms with van der Waals surface area (Å²) >= 11 is 0. The summed E-state index contributed by atoms with van der Waals surface area (Å²) in [5.41, 5.74) is 0.461. The smallest absolute Gasteiger partial charge is 0.343 e. The van der Waals surface area contributed by atoms with Gasteiger partial charge in [0.2, 0.25) is 0 Å². The number of carbonyl (C=O) groups excluding carboxylic acids is 2. The minimum Gasteiger partial charge on any atom is -0.482 e. The molecule has 0 unspecified atom stereocenters. The Kier molecular flexibility index (Phi) is 5.84. The molecule has 1 aliphatic rings. The van der Waals surface area contributed by atoms with Gasteiger partial charge in [-0.15, -0.1) is 0 Å². The molecule has 1 amide bonds. The largest absolute Gasteiger partial charge is 0.482 e. The molecule has 0 aliphatic heterocycles. The number of anilines is 1. The molecule has 2 aromatic carbocycles. The maximum absolute atomic E-state index is 12.7. The predicted octanol–water partition coefficient (Wildman–Crippen LogP) is 1.93. The number of sulfonamides is 1. The Morgan fingerprint density at radius 1 is 1.07 bits per heavy atom. The number of ether oxygens (including phenoxy) is 2. The lowest BCUT2D eigenvalue weighted by molar-refractivity contribution is -0.142. The van der Waals surface area contributed by atoms with Crippen molar-refractivity contribution in [3.8, 4) is 5.75 Å². The van der Waals surface area contributed by atoms with E-state index in [2.05, 4.69) is 14.8 Å². The average molecular weight is 404 g/mol. The quantitative estimate of drug-likeness (QED) is 0.651. The van der Waals surface area contributed by atoms with Crippen molar-refractivity contribution in [2.45, 2.75) is 23.8 Å². The Morgan fingerprint density at radius 3 is 2.39 bits per heavy atom. The van der Waals surface area contributed by atoms with Gasteiger partial charge in [-0.2, -0.15) is 0 Å². The molecule has 8 nitrogen and oxygen atoms in total. The molecule has 0 spiro atoms. The van der Waals surface area contributed by atoms with E-state index in [1.807, 2.05) is 0 Å². The zero-order chi connectivity index (χ0) is 20.1. The van der Waals surface area contributed by atoms with Crippen LogP contribution in [0.15, 0.2) is 53.4 Å². The minimum atomic E-state index is -3.91. The summed E-state index contributed by atoms with van der Waals surface area (Å²) in [7, 11) is -2.67. The predicted molar refractivity (Wildman–Crippen MR) is 102 cm³/mol. The maximum Gasteiger partial charge on any atom is 0.343 e. The van der Waals surface area contributed by atoms with Crippen molar-refractivity contribution in [2.75, 3.05) is 18.4 Å². The normalized spacial score (nSPS) is 13.5. The first-order valence-electron chi connectivity index (χ1n) is 8.61. The van der Waals surface area contributed by atoms with Crippen LogP contribution < -0.4 is 14.8 Å². The third-order valence-corrected chi connectivity index (χ3v) is 5.43. The number of hydrogen-bond acceptors (Lipinski definition) is 6. The number of nitrogens with one attached hydrogen (secondary N) is 2. The lowest BCUT2D eigenvalue weighted by Gasteiger charge is -2.13. The van der Waals surface area contributed by atoms with E-state index < -0.39 is 16.0 Å². The van der Waals surface area contributed by atoms with Crippen LogP contribution in [0.3, 0.4) is 0 Å². The highest BCUT2D eigenvalue weighted by Gasteiger charge is 2.25. The first kappa shape index (κ1) is 19.7. The van der Waals surface area contributed by atoms with E-state index in [-0.39, 0.29) is 34.7 Å². The molecule has 0 saturated heterocycles. The lowest BCUT2D eigenvalue weighted by atomic mass is 10.1. The molecule has 0 atom stereocenters. The van der Waals surface area contributed by atoms with Crippen molar-refractivity contribution in [2.24, 2.45) is 0 Å². The summed E-state index contributed by atoms with van der Waals surface area (Å²) in [5, 5.41) is 2.84. The molecular formula is C19H20N2O6S. The molecule has 9 heteroatoms. The second kappa shape index (κ2) is 8.30. The molecule has 0 aromatic heterocycles. The van der Waals surface area contributed by atoms with Crippen LogP contribution in [0.25, 0.3) is 0 Å². The Labute approximate surface area is 162 Å². The van der Waals surface area contributed by atoms with Gasteiger partial charge >= 0.3 is 5.97 Å². The van der Waals surface area contributed by atoms with E-state index in [4.69, 9.17) is 4.74 Å². The van der Waals surface area contributed by atoms with Crippen LogP contribution in [0.4, 0.5) is 5.69 Å². The van der Waals surface area contributed by atoms with Gasteiger partial charge < -0.3 is 14.8 Å². The second-order valence-corrected chi connectivity index (χ2v) is 7.92. The van der Waals surface area contributed by atoms with Crippen LogP contribution in [0, 0.1) is 0 Å². The Hall–Kier alpha value is -3.07. The molecule has 1 saturated carbocycles. The van der Waals surface area contributed by atoms with Crippen molar-refractivity contribution < 1.29 is 27.5 Å². The second-order valence-electron chi connectivity index (χ2n) is 6.24. The topological polar surface area (TPSA) is 111 Å². The number of amides is 1. The van der Waals surface area contributed by atoms with E-state index in [0.29, 0.717) is 5.75 Å². The molecule has 0 bridgehead atoms. The summed E-state index contributed by atoms with van der Waals surface area (Å²) in [6.07, 6.45) is 1.87. The number of benzene rings is 2. The molecule has 2 N–H and O–H groups in total. The monoisotopic (exact) mass is 404 g/mol. The summed E-state index contributed by atoms with van der Waals surface area (Å²) in [5.74, 6) is -0.527. The van der Waals surface area contributed by atoms with Gasteiger partial charge in [0.15, 0.2) is 6.61 Å². The number of carbonyl (C=O) groups is 2. The van der Waals surface area contributed by atoms with Gasteiger partial charge in [-0.3, -0.25) is 9.52 Å². The van der Waals surface area contributed by atoms with Gasteiger partial charge in [0.1, 0.15) is 5.75 Å². The van der Waals surface area contributed by atoms with Crippen LogP contribution in [0.5, 0.6) is 5.75 Å². The molecule has 28 heavy (non-hydrogen) atoms. The number of para-hydroxylation sites is 1. The summed E-state index contributed by atoms with van der Waals surface area (Å²) in [6, 6.07) is 12.2. The minimum absolute atomic E-state index is 0.00433. The van der Waals surface area contributed by atoms with Crippen LogP contribution in [-0.2, 0) is 19.6 Å². The van der Waals surface area contributed by atoms with Crippen LogP contribution in [0.2, 0.25) is 0 Å². The van der Waals surface area contributed by atoms with Crippen LogP contribution >= 0.6 is 0 Å². The van der Waals surface area contributed by atoms with Crippen molar-refractivity contribution in [3.05, 3.63) is 54.1 Å². The fourth-order valence-corrected chi connectivity index (χ4v) is 3.46. The first-order chi connectivity index (χ1) is 13.4. The molecule has 148 valence electrons. The summed E-state index contributed by atoms with van der Waals surface area (Å²) in [6.45, 7) is -0.273. The third kappa shape index (κ3) is 5.01. The number of rotatable bonds is 8. The first-order valence-corrected chi connectivity index (χ1v) is 10.1. The van der Waals surface area contributed by atoms with E-state index in [9.17, 15) is 18.0 Å². The van der Waals surface area contributed by atoms with Crippen LogP contribution in [0.1, 0.15) is 23.2 Å². The summed E-state index contributed by atoms with van der Waals surface area (Å²) < 4.78 is 37.5. The van der Waals surface area contributed by atoms with Gasteiger partial charge in [-0.25, -0.2) is 13.2 Å². The van der Waals surface area contributed by atoms with E-state index in [1.54, 1.807) is 18.2 Å². The highest BCUT2D eigenvalue weighted by atomic mass is 32.2. The standard InChI is InChI=1S/C19H20N2O6S/c1-26-18(22)12-27-14-8-10-15(11-9-14)28(24,25)21-17-5-3-2-4-16(17)19(23)20-13-6-7-13/h2-5,8-11,13,21H,6-7,12H2,1H3,(H,20,23). The molecule has 3 rings (SSSR count). The van der Waals surface area contributed by atoms with E-state index in [1.165, 1.54) is 37.4 Å². The molecule has 1 aliphatic carbocycles. The Balaban J connectivity index is 1.73. The number of esters is 1. The lowest BCUT2D eigenvalue weighted by Crippen LogP contribution is -2.27. The van der Waals surface area contributed by atoms with E-state index in [0.717, 1.165) is 12.8 Å². The van der Waals surface area contributed by atoms with Gasteiger partial charge in [-0.1, -0.05) is 12.1 Å². The Bertz CT molecular complexity index is 968. The summed E-state index contributed by atoms with van der Waals surface area (Å²) in [4.78, 5) is 23.4. The van der Waals surface area contributed by atoms with Gasteiger partial charge in [0.25, 0.3) is 15.9 Å². The zero-order valence-corrected chi connectivity index (χ0v) is 16.0. The maximum atomic E-state index is 12.7. The highest BCUT2D eigenvalue weighted by Crippen LogP contribution is 2.24. The van der Waals surface area contributed by atoms with E-state index >= 15 is 0 Å². The molecule has 0 radical (unpaired) electrons. The van der Waals surface area contributed by atoms with Crippen LogP contribution in [-0.4, -0.2) is 40.1 Å². The van der Waals surface area contributed by atoms with Crippen molar-refractivity contribution in [1.82, 2.24) is 5.32 Å². The molecule has 0 heterocycles. The fraction of sp³-hybridized carbons (Fsp3) is 0.263. The van der Waals surface area contributed by atoms with Crippen molar-refractivity contribution in [3.63, 3.8) is 0 Å². The molecule has 2 aromatic rings. The van der Waals surface area contributed by atoms with Gasteiger partial charge in [0.05, 0.1) is 23.3 Å². The van der Waals surface area contributed by atoms with Gasteiger partial charge in [-0.05, 0) is 49.2 Å². The average Bonchev–Trinajstić information content (AvgIpc) is 3.50.